The van der Waals surface area contributed by atoms with Crippen LogP contribution < -0.4 is 5.32 Å². The van der Waals surface area contributed by atoms with E-state index in [9.17, 15) is 4.39 Å². The van der Waals surface area contributed by atoms with E-state index in [0.717, 1.165) is 18.9 Å². The second kappa shape index (κ2) is 4.75. The molecule has 1 aliphatic rings. The average molecular weight is 207 g/mol. The number of nitrogens with one attached hydrogen (secondary N) is 1. The molecule has 1 aromatic carbocycles. The van der Waals surface area contributed by atoms with Crippen LogP contribution in [0.3, 0.4) is 0 Å². The molecule has 2 atom stereocenters. The number of rotatable bonds is 3. The molecule has 0 aliphatic carbocycles. The Morgan fingerprint density at radius 1 is 1.33 bits per heavy atom. The van der Waals surface area contributed by atoms with Crippen LogP contribution in [-0.4, -0.2) is 12.6 Å². The van der Waals surface area contributed by atoms with E-state index in [-0.39, 0.29) is 5.82 Å². The van der Waals surface area contributed by atoms with Crippen molar-refractivity contribution in [1.82, 2.24) is 5.32 Å². The monoisotopic (exact) mass is 207 g/mol. The highest BCUT2D eigenvalue weighted by molar-refractivity contribution is 5.17. The number of halogens is 1. The minimum absolute atomic E-state index is 0.148. The first-order chi connectivity index (χ1) is 7.29. The first kappa shape index (κ1) is 10.6. The van der Waals surface area contributed by atoms with Crippen LogP contribution in [0, 0.1) is 11.7 Å². The van der Waals surface area contributed by atoms with Crippen molar-refractivity contribution in [1.29, 1.82) is 0 Å². The molecule has 1 nitrogen and oxygen atoms in total. The van der Waals surface area contributed by atoms with Crippen molar-refractivity contribution in [3.63, 3.8) is 0 Å². The van der Waals surface area contributed by atoms with Crippen LogP contribution in [0.1, 0.15) is 25.3 Å². The molecule has 0 saturated carbocycles. The molecule has 1 fully saturated rings. The number of hydrogen-bond donors (Lipinski definition) is 1. The summed E-state index contributed by atoms with van der Waals surface area (Å²) in [6.45, 7) is 3.37. The number of benzene rings is 1. The highest BCUT2D eigenvalue weighted by atomic mass is 19.1. The Morgan fingerprint density at radius 2 is 2.07 bits per heavy atom. The van der Waals surface area contributed by atoms with Crippen LogP contribution in [0.5, 0.6) is 0 Å². The highest BCUT2D eigenvalue weighted by Gasteiger charge is 2.24. The van der Waals surface area contributed by atoms with Gasteiger partial charge in [0.05, 0.1) is 0 Å². The Kier molecular flexibility index (Phi) is 3.37. The van der Waals surface area contributed by atoms with Crippen LogP contribution in [0.2, 0.25) is 0 Å². The predicted molar refractivity (Wildman–Crippen MR) is 60.3 cm³/mol. The van der Waals surface area contributed by atoms with Gasteiger partial charge in [-0.1, -0.05) is 25.5 Å². The van der Waals surface area contributed by atoms with E-state index in [1.54, 1.807) is 12.1 Å². The van der Waals surface area contributed by atoms with E-state index < -0.39 is 0 Å². The summed E-state index contributed by atoms with van der Waals surface area (Å²) >= 11 is 0. The normalized spacial score (nSPS) is 25.7. The molecule has 2 rings (SSSR count). The second-order valence-electron chi connectivity index (χ2n) is 4.35. The van der Waals surface area contributed by atoms with Gasteiger partial charge in [0.15, 0.2) is 0 Å². The summed E-state index contributed by atoms with van der Waals surface area (Å²) < 4.78 is 12.7. The smallest absolute Gasteiger partial charge is 0.123 e. The molecule has 0 aromatic heterocycles. The van der Waals surface area contributed by atoms with Crippen molar-refractivity contribution in [3.8, 4) is 0 Å². The van der Waals surface area contributed by atoms with Crippen molar-refractivity contribution >= 4 is 0 Å². The van der Waals surface area contributed by atoms with Gasteiger partial charge in [-0.25, -0.2) is 4.39 Å². The van der Waals surface area contributed by atoms with Crippen molar-refractivity contribution < 1.29 is 4.39 Å². The molecule has 0 unspecified atom stereocenters. The van der Waals surface area contributed by atoms with Gasteiger partial charge in [-0.05, 0) is 43.0 Å². The van der Waals surface area contributed by atoms with E-state index in [0.29, 0.717) is 6.04 Å². The Labute approximate surface area is 90.7 Å². The molecule has 15 heavy (non-hydrogen) atoms. The lowest BCUT2D eigenvalue weighted by Gasteiger charge is -2.17. The largest absolute Gasteiger partial charge is 0.313 e. The average Bonchev–Trinajstić information content (AvgIpc) is 2.69. The van der Waals surface area contributed by atoms with Gasteiger partial charge < -0.3 is 5.32 Å². The predicted octanol–water partition coefficient (Wildman–Crippen LogP) is 2.76. The zero-order valence-electron chi connectivity index (χ0n) is 9.17. The molecule has 0 bridgehead atoms. The van der Waals surface area contributed by atoms with Crippen LogP contribution >= 0.6 is 0 Å². The fourth-order valence-corrected chi connectivity index (χ4v) is 2.42. The Bertz CT molecular complexity index is 307. The lowest BCUT2D eigenvalue weighted by Crippen LogP contribution is -2.29. The fourth-order valence-electron chi connectivity index (χ4n) is 2.42. The lowest BCUT2D eigenvalue weighted by molar-refractivity contribution is 0.432. The molecular weight excluding hydrogens is 189 g/mol. The summed E-state index contributed by atoms with van der Waals surface area (Å²) in [6, 6.07) is 7.46. The molecule has 2 heteroatoms. The Hall–Kier alpha value is -0.890. The van der Waals surface area contributed by atoms with Crippen molar-refractivity contribution in [2.75, 3.05) is 6.54 Å². The van der Waals surface area contributed by atoms with E-state index in [1.807, 2.05) is 12.1 Å². The molecule has 1 heterocycles. The highest BCUT2D eigenvalue weighted by Crippen LogP contribution is 2.22. The maximum atomic E-state index is 12.7. The van der Waals surface area contributed by atoms with Gasteiger partial charge >= 0.3 is 0 Å². The third kappa shape index (κ3) is 2.57. The molecule has 0 radical (unpaired) electrons. The first-order valence-corrected chi connectivity index (χ1v) is 5.77. The summed E-state index contributed by atoms with van der Waals surface area (Å²) in [5.74, 6) is 0.639. The zero-order valence-corrected chi connectivity index (χ0v) is 9.17. The molecule has 0 spiro atoms. The summed E-state index contributed by atoms with van der Waals surface area (Å²) in [6.07, 6.45) is 3.54. The van der Waals surface area contributed by atoms with Crippen LogP contribution in [0.15, 0.2) is 24.3 Å². The lowest BCUT2D eigenvalue weighted by atomic mass is 9.93. The van der Waals surface area contributed by atoms with Crippen molar-refractivity contribution in [2.45, 2.75) is 32.2 Å². The van der Waals surface area contributed by atoms with Gasteiger partial charge in [0.1, 0.15) is 5.82 Å². The van der Waals surface area contributed by atoms with Crippen molar-refractivity contribution in [2.24, 2.45) is 5.92 Å². The third-order valence-electron chi connectivity index (χ3n) is 3.38. The Morgan fingerprint density at radius 3 is 2.73 bits per heavy atom. The molecule has 1 aromatic rings. The van der Waals surface area contributed by atoms with Gasteiger partial charge in [-0.2, -0.15) is 0 Å². The van der Waals surface area contributed by atoms with Crippen LogP contribution in [0.25, 0.3) is 0 Å². The van der Waals surface area contributed by atoms with E-state index in [1.165, 1.54) is 18.4 Å². The minimum Gasteiger partial charge on any atom is -0.313 e. The van der Waals surface area contributed by atoms with Gasteiger partial charge in [-0.15, -0.1) is 0 Å². The van der Waals surface area contributed by atoms with Gasteiger partial charge in [0.25, 0.3) is 0 Å². The van der Waals surface area contributed by atoms with E-state index in [4.69, 9.17) is 0 Å². The fraction of sp³-hybridized carbons (Fsp3) is 0.538. The molecule has 1 saturated heterocycles. The SMILES string of the molecule is CC[C@@H]1CCN[C@@H]1Cc1ccc(F)cc1. The van der Waals surface area contributed by atoms with E-state index in [2.05, 4.69) is 12.2 Å². The van der Waals surface area contributed by atoms with Gasteiger partial charge in [0.2, 0.25) is 0 Å². The summed E-state index contributed by atoms with van der Waals surface area (Å²) in [5.41, 5.74) is 1.23. The standard InChI is InChI=1S/C13H18FN/c1-2-11-7-8-15-13(11)9-10-3-5-12(14)6-4-10/h3-6,11,13,15H,2,7-9H2,1H3/t11-,13-/m1/s1. The topological polar surface area (TPSA) is 12.0 Å². The third-order valence-corrected chi connectivity index (χ3v) is 3.38. The zero-order chi connectivity index (χ0) is 10.7. The first-order valence-electron chi connectivity index (χ1n) is 5.77. The van der Waals surface area contributed by atoms with E-state index >= 15 is 0 Å². The van der Waals surface area contributed by atoms with Gasteiger partial charge in [-0.3, -0.25) is 0 Å². The van der Waals surface area contributed by atoms with Gasteiger partial charge in [0, 0.05) is 6.04 Å². The minimum atomic E-state index is -0.148. The molecular formula is C13H18FN. The quantitative estimate of drug-likeness (QED) is 0.803. The molecule has 82 valence electrons. The number of hydrogen-bond acceptors (Lipinski definition) is 1. The maximum Gasteiger partial charge on any atom is 0.123 e. The molecule has 0 amide bonds. The van der Waals surface area contributed by atoms with Crippen LogP contribution in [0.4, 0.5) is 4.39 Å². The second-order valence-corrected chi connectivity index (χ2v) is 4.35. The summed E-state index contributed by atoms with van der Waals surface area (Å²) in [5, 5.41) is 3.53. The summed E-state index contributed by atoms with van der Waals surface area (Å²) in [4.78, 5) is 0. The Balaban J connectivity index is 1.99. The van der Waals surface area contributed by atoms with Crippen molar-refractivity contribution in [3.05, 3.63) is 35.6 Å². The van der Waals surface area contributed by atoms with Crippen LogP contribution in [-0.2, 0) is 6.42 Å². The molecule has 1 aliphatic heterocycles. The summed E-state index contributed by atoms with van der Waals surface area (Å²) in [7, 11) is 0. The maximum absolute atomic E-state index is 12.7. The molecule has 1 N–H and O–H groups in total.